The van der Waals surface area contributed by atoms with Gasteiger partial charge in [0.25, 0.3) is 0 Å². The minimum atomic E-state index is -4.46. The lowest BCUT2D eigenvalue weighted by molar-refractivity contribution is -0.141. The van der Waals surface area contributed by atoms with Gasteiger partial charge in [0.1, 0.15) is 5.69 Å². The van der Waals surface area contributed by atoms with E-state index in [-0.39, 0.29) is 10.5 Å². The monoisotopic (exact) mass is 245 g/mol. The number of nitrogens with one attached hydrogen (secondary N) is 2. The van der Waals surface area contributed by atoms with Crippen molar-refractivity contribution in [1.82, 2.24) is 15.0 Å². The van der Waals surface area contributed by atoms with Gasteiger partial charge in [-0.3, -0.25) is 0 Å². The summed E-state index contributed by atoms with van der Waals surface area (Å²) in [4.78, 5) is 8.60. The van der Waals surface area contributed by atoms with Crippen molar-refractivity contribution in [2.24, 2.45) is 0 Å². The first-order valence-corrected chi connectivity index (χ1v) is 4.70. The van der Waals surface area contributed by atoms with Gasteiger partial charge in [-0.1, -0.05) is 0 Å². The maximum Gasteiger partial charge on any atom is 0.431 e. The second-order valence-electron chi connectivity index (χ2n) is 3.07. The van der Waals surface area contributed by atoms with Crippen LogP contribution in [0.3, 0.4) is 0 Å². The molecular formula is C9H6F3N3S. The van der Waals surface area contributed by atoms with Crippen LogP contribution in [0.1, 0.15) is 5.69 Å². The Morgan fingerprint density at radius 3 is 2.62 bits per heavy atom. The minimum absolute atomic E-state index is 0.168. The molecule has 0 saturated heterocycles. The second kappa shape index (κ2) is 3.75. The lowest BCUT2D eigenvalue weighted by Gasteiger charge is -2.07. The zero-order valence-corrected chi connectivity index (χ0v) is 8.62. The number of hydrogen-bond acceptors (Lipinski definition) is 2. The SMILES string of the molecule is FC(F)(F)c1cc(-c2ccc[nH]2)nc(=S)[nH]1. The Labute approximate surface area is 93.4 Å². The number of aromatic nitrogens is 3. The molecule has 0 aromatic carbocycles. The third kappa shape index (κ3) is 2.13. The Kier molecular flexibility index (Phi) is 2.55. The highest BCUT2D eigenvalue weighted by atomic mass is 32.1. The molecule has 0 fully saturated rings. The Morgan fingerprint density at radius 2 is 2.06 bits per heavy atom. The van der Waals surface area contributed by atoms with E-state index in [1.165, 1.54) is 0 Å². The highest BCUT2D eigenvalue weighted by Gasteiger charge is 2.32. The van der Waals surface area contributed by atoms with E-state index in [9.17, 15) is 13.2 Å². The zero-order valence-electron chi connectivity index (χ0n) is 7.80. The van der Waals surface area contributed by atoms with E-state index in [2.05, 4.69) is 22.2 Å². The average Bonchev–Trinajstić information content (AvgIpc) is 2.68. The van der Waals surface area contributed by atoms with Crippen molar-refractivity contribution < 1.29 is 13.2 Å². The van der Waals surface area contributed by atoms with Gasteiger partial charge in [0, 0.05) is 6.20 Å². The molecular weight excluding hydrogens is 239 g/mol. The van der Waals surface area contributed by atoms with Crippen LogP contribution in [-0.2, 0) is 6.18 Å². The van der Waals surface area contributed by atoms with Crippen LogP contribution in [0.2, 0.25) is 0 Å². The van der Waals surface area contributed by atoms with Gasteiger partial charge in [-0.05, 0) is 30.4 Å². The fourth-order valence-corrected chi connectivity index (χ4v) is 1.45. The van der Waals surface area contributed by atoms with Crippen molar-refractivity contribution in [2.75, 3.05) is 0 Å². The summed E-state index contributed by atoms with van der Waals surface area (Å²) in [6.45, 7) is 0. The van der Waals surface area contributed by atoms with E-state index >= 15 is 0 Å². The van der Waals surface area contributed by atoms with Gasteiger partial charge in [0.05, 0.1) is 11.4 Å². The van der Waals surface area contributed by atoms with Crippen molar-refractivity contribution in [1.29, 1.82) is 0 Å². The van der Waals surface area contributed by atoms with Gasteiger partial charge in [-0.15, -0.1) is 0 Å². The van der Waals surface area contributed by atoms with Crippen LogP contribution in [-0.4, -0.2) is 15.0 Å². The van der Waals surface area contributed by atoms with Gasteiger partial charge in [-0.25, -0.2) is 4.98 Å². The summed E-state index contributed by atoms with van der Waals surface area (Å²) in [6.07, 6.45) is -2.86. The molecule has 0 radical (unpaired) electrons. The summed E-state index contributed by atoms with van der Waals surface area (Å²) in [6, 6.07) is 4.21. The maximum absolute atomic E-state index is 12.5. The fourth-order valence-electron chi connectivity index (χ4n) is 1.24. The third-order valence-electron chi connectivity index (χ3n) is 1.92. The van der Waals surface area contributed by atoms with Gasteiger partial charge in [0.15, 0.2) is 4.77 Å². The first-order valence-electron chi connectivity index (χ1n) is 4.29. The van der Waals surface area contributed by atoms with Crippen LogP contribution in [0.5, 0.6) is 0 Å². The number of aromatic amines is 2. The molecule has 2 rings (SSSR count). The topological polar surface area (TPSA) is 44.5 Å². The van der Waals surface area contributed by atoms with Crippen molar-refractivity contribution in [3.63, 3.8) is 0 Å². The van der Waals surface area contributed by atoms with Gasteiger partial charge in [-0.2, -0.15) is 13.2 Å². The molecule has 2 heterocycles. The van der Waals surface area contributed by atoms with E-state index in [0.29, 0.717) is 5.69 Å². The summed E-state index contributed by atoms with van der Waals surface area (Å²) in [5, 5.41) is 0. The smallest absolute Gasteiger partial charge is 0.360 e. The average molecular weight is 245 g/mol. The predicted octanol–water partition coefficient (Wildman–Crippen LogP) is 3.15. The number of rotatable bonds is 1. The molecule has 0 aliphatic carbocycles. The largest absolute Gasteiger partial charge is 0.431 e. The van der Waals surface area contributed by atoms with E-state index < -0.39 is 11.9 Å². The van der Waals surface area contributed by atoms with E-state index in [4.69, 9.17) is 0 Å². The number of alkyl halides is 3. The Bertz CT molecular complexity index is 542. The van der Waals surface area contributed by atoms with Crippen molar-refractivity contribution >= 4 is 12.2 Å². The molecule has 0 atom stereocenters. The number of nitrogens with zero attached hydrogens (tertiary/aromatic N) is 1. The molecule has 2 aromatic heterocycles. The molecule has 2 N–H and O–H groups in total. The molecule has 0 spiro atoms. The number of halogens is 3. The first kappa shape index (κ1) is 10.9. The molecule has 0 bridgehead atoms. The van der Waals surface area contributed by atoms with Crippen molar-refractivity contribution in [2.45, 2.75) is 6.18 Å². The molecule has 3 nitrogen and oxygen atoms in total. The summed E-state index contributed by atoms with van der Waals surface area (Å²) in [5.74, 6) is 0. The Morgan fingerprint density at radius 1 is 1.31 bits per heavy atom. The molecule has 0 aliphatic heterocycles. The van der Waals surface area contributed by atoms with E-state index in [0.717, 1.165) is 6.07 Å². The van der Waals surface area contributed by atoms with Crippen molar-refractivity contribution in [3.8, 4) is 11.4 Å². The van der Waals surface area contributed by atoms with Crippen LogP contribution in [0.15, 0.2) is 24.4 Å². The molecule has 0 amide bonds. The molecule has 2 aromatic rings. The quantitative estimate of drug-likeness (QED) is 0.758. The predicted molar refractivity (Wildman–Crippen MR) is 54.2 cm³/mol. The Balaban J connectivity index is 2.57. The highest BCUT2D eigenvalue weighted by molar-refractivity contribution is 7.71. The molecule has 7 heteroatoms. The molecule has 0 unspecified atom stereocenters. The minimum Gasteiger partial charge on any atom is -0.360 e. The lowest BCUT2D eigenvalue weighted by atomic mass is 10.2. The van der Waals surface area contributed by atoms with Crippen LogP contribution < -0.4 is 0 Å². The standard InChI is InChI=1S/C9H6F3N3S/c10-9(11,12)7-4-6(14-8(16)15-7)5-2-1-3-13-5/h1-4,13H,(H,14,15,16). The Hall–Kier alpha value is -1.63. The summed E-state index contributed by atoms with van der Waals surface area (Å²) >= 11 is 4.65. The highest BCUT2D eigenvalue weighted by Crippen LogP contribution is 2.29. The van der Waals surface area contributed by atoms with E-state index in [1.807, 2.05) is 4.98 Å². The van der Waals surface area contributed by atoms with Crippen LogP contribution >= 0.6 is 12.2 Å². The van der Waals surface area contributed by atoms with Gasteiger partial charge >= 0.3 is 6.18 Å². The van der Waals surface area contributed by atoms with Gasteiger partial charge in [0.2, 0.25) is 0 Å². The number of hydrogen-bond donors (Lipinski definition) is 2. The molecule has 0 aliphatic rings. The zero-order chi connectivity index (χ0) is 11.8. The second-order valence-corrected chi connectivity index (χ2v) is 3.45. The first-order chi connectivity index (χ1) is 7.47. The maximum atomic E-state index is 12.5. The molecule has 84 valence electrons. The summed E-state index contributed by atoms with van der Waals surface area (Å²) in [7, 11) is 0. The third-order valence-corrected chi connectivity index (χ3v) is 2.12. The van der Waals surface area contributed by atoms with Crippen LogP contribution in [0, 0.1) is 4.77 Å². The fraction of sp³-hybridized carbons (Fsp3) is 0.111. The van der Waals surface area contributed by atoms with Crippen LogP contribution in [0.25, 0.3) is 11.4 Å². The lowest BCUT2D eigenvalue weighted by Crippen LogP contribution is -2.09. The van der Waals surface area contributed by atoms with E-state index in [1.54, 1.807) is 18.3 Å². The normalized spacial score (nSPS) is 11.7. The molecule has 16 heavy (non-hydrogen) atoms. The molecule has 0 saturated carbocycles. The van der Waals surface area contributed by atoms with Gasteiger partial charge < -0.3 is 9.97 Å². The summed E-state index contributed by atoms with van der Waals surface area (Å²) < 4.78 is 37.2. The van der Waals surface area contributed by atoms with Crippen molar-refractivity contribution in [3.05, 3.63) is 34.9 Å². The van der Waals surface area contributed by atoms with Crippen LogP contribution in [0.4, 0.5) is 13.2 Å². The summed E-state index contributed by atoms with van der Waals surface area (Å²) in [5.41, 5.74) is -0.247. The number of H-pyrrole nitrogens is 2.